The second-order valence-corrected chi connectivity index (χ2v) is 5.91. The van der Waals surface area contributed by atoms with Crippen LogP contribution < -0.4 is 0 Å². The number of rotatable bonds is 9. The molecule has 19 heavy (non-hydrogen) atoms. The fourth-order valence-corrected chi connectivity index (χ4v) is 1.77. The summed E-state index contributed by atoms with van der Waals surface area (Å²) in [5, 5.41) is 0. The maximum Gasteiger partial charge on any atom is 0.158 e. The van der Waals surface area contributed by atoms with E-state index in [-0.39, 0.29) is 6.29 Å². The summed E-state index contributed by atoms with van der Waals surface area (Å²) in [6.07, 6.45) is 1.95. The van der Waals surface area contributed by atoms with E-state index in [0.717, 1.165) is 19.4 Å². The smallest absolute Gasteiger partial charge is 0.158 e. The molecule has 2 heteroatoms. The maximum absolute atomic E-state index is 5.90. The Morgan fingerprint density at radius 1 is 0.895 bits per heavy atom. The molecule has 0 bridgehead atoms. The Morgan fingerprint density at radius 2 is 1.58 bits per heavy atom. The van der Waals surface area contributed by atoms with Gasteiger partial charge in [0.1, 0.15) is 0 Å². The van der Waals surface area contributed by atoms with Crippen LogP contribution in [0.3, 0.4) is 0 Å². The van der Waals surface area contributed by atoms with E-state index >= 15 is 0 Å². The number of benzene rings is 1. The third-order valence-electron chi connectivity index (χ3n) is 2.94. The topological polar surface area (TPSA) is 18.5 Å². The Balaban J connectivity index is 2.36. The summed E-state index contributed by atoms with van der Waals surface area (Å²) in [5.74, 6) is 1.26. The van der Waals surface area contributed by atoms with E-state index in [9.17, 15) is 0 Å². The molecule has 0 spiro atoms. The molecule has 0 N–H and O–H groups in total. The van der Waals surface area contributed by atoms with Crippen LogP contribution in [0, 0.1) is 11.8 Å². The largest absolute Gasteiger partial charge is 0.353 e. The van der Waals surface area contributed by atoms with Gasteiger partial charge in [0.05, 0.1) is 6.61 Å². The molecule has 0 fully saturated rings. The van der Waals surface area contributed by atoms with Crippen LogP contribution in [0.5, 0.6) is 0 Å². The molecule has 108 valence electrons. The van der Waals surface area contributed by atoms with Crippen molar-refractivity contribution in [2.45, 2.75) is 53.4 Å². The Hall–Kier alpha value is -0.860. The lowest BCUT2D eigenvalue weighted by atomic mass is 10.1. The average Bonchev–Trinajstić information content (AvgIpc) is 2.36. The number of hydrogen-bond donors (Lipinski definition) is 0. The van der Waals surface area contributed by atoms with E-state index in [0.29, 0.717) is 18.4 Å². The van der Waals surface area contributed by atoms with E-state index in [4.69, 9.17) is 9.47 Å². The first-order valence-electron chi connectivity index (χ1n) is 7.35. The van der Waals surface area contributed by atoms with Crippen molar-refractivity contribution in [3.63, 3.8) is 0 Å². The summed E-state index contributed by atoms with van der Waals surface area (Å²) in [7, 11) is 0. The molecule has 0 heterocycles. The van der Waals surface area contributed by atoms with Gasteiger partial charge in [0.15, 0.2) is 6.29 Å². The molecule has 0 aromatic heterocycles. The van der Waals surface area contributed by atoms with Crippen LogP contribution in [-0.2, 0) is 16.1 Å². The summed E-state index contributed by atoms with van der Waals surface area (Å²) in [6, 6.07) is 10.3. The fourth-order valence-electron chi connectivity index (χ4n) is 1.77. The quantitative estimate of drug-likeness (QED) is 0.605. The molecule has 1 unspecified atom stereocenters. The summed E-state index contributed by atoms with van der Waals surface area (Å²) in [6.45, 7) is 10.2. The molecule has 0 saturated heterocycles. The molecule has 1 aromatic carbocycles. The van der Waals surface area contributed by atoms with E-state index in [1.54, 1.807) is 0 Å². The van der Waals surface area contributed by atoms with Crippen molar-refractivity contribution in [3.05, 3.63) is 35.9 Å². The van der Waals surface area contributed by atoms with Crippen LogP contribution in [0.2, 0.25) is 0 Å². The van der Waals surface area contributed by atoms with E-state index in [2.05, 4.69) is 39.8 Å². The minimum absolute atomic E-state index is 0.0843. The molecular weight excluding hydrogens is 236 g/mol. The van der Waals surface area contributed by atoms with Gasteiger partial charge in [-0.05, 0) is 23.8 Å². The van der Waals surface area contributed by atoms with Gasteiger partial charge in [-0.25, -0.2) is 0 Å². The molecule has 0 radical (unpaired) electrons. The van der Waals surface area contributed by atoms with Crippen molar-refractivity contribution in [2.75, 3.05) is 6.61 Å². The molecule has 2 nitrogen and oxygen atoms in total. The van der Waals surface area contributed by atoms with Gasteiger partial charge >= 0.3 is 0 Å². The lowest BCUT2D eigenvalue weighted by molar-refractivity contribution is -0.159. The third kappa shape index (κ3) is 8.02. The van der Waals surface area contributed by atoms with E-state index in [1.165, 1.54) is 5.56 Å². The van der Waals surface area contributed by atoms with Crippen molar-refractivity contribution in [2.24, 2.45) is 11.8 Å². The normalized spacial score (nSPS) is 13.2. The maximum atomic E-state index is 5.90. The molecule has 1 aromatic rings. The van der Waals surface area contributed by atoms with Crippen LogP contribution in [0.25, 0.3) is 0 Å². The van der Waals surface area contributed by atoms with E-state index < -0.39 is 0 Å². The Kier molecular flexibility index (Phi) is 7.76. The highest BCUT2D eigenvalue weighted by Gasteiger charge is 2.12. The SMILES string of the molecule is CC(C)CCOC(CC(C)C)OCc1ccccc1. The molecule has 0 amide bonds. The van der Waals surface area contributed by atoms with Gasteiger partial charge in [-0.2, -0.15) is 0 Å². The minimum atomic E-state index is -0.0843. The van der Waals surface area contributed by atoms with Crippen molar-refractivity contribution in [1.29, 1.82) is 0 Å². The third-order valence-corrected chi connectivity index (χ3v) is 2.94. The van der Waals surface area contributed by atoms with Crippen LogP contribution in [0.15, 0.2) is 30.3 Å². The van der Waals surface area contributed by atoms with Gasteiger partial charge in [0.2, 0.25) is 0 Å². The second-order valence-electron chi connectivity index (χ2n) is 5.91. The van der Waals surface area contributed by atoms with Crippen LogP contribution in [0.4, 0.5) is 0 Å². The van der Waals surface area contributed by atoms with Crippen molar-refractivity contribution in [3.8, 4) is 0 Å². The van der Waals surface area contributed by atoms with Crippen LogP contribution >= 0.6 is 0 Å². The first kappa shape index (κ1) is 16.2. The van der Waals surface area contributed by atoms with Gasteiger partial charge in [0.25, 0.3) is 0 Å². The molecule has 0 aliphatic rings. The summed E-state index contributed by atoms with van der Waals surface area (Å²) in [4.78, 5) is 0. The first-order valence-corrected chi connectivity index (χ1v) is 7.35. The van der Waals surface area contributed by atoms with E-state index in [1.807, 2.05) is 18.2 Å². The Labute approximate surface area is 118 Å². The molecule has 1 rings (SSSR count). The number of ether oxygens (including phenoxy) is 2. The van der Waals surface area contributed by atoms with Gasteiger partial charge in [-0.3, -0.25) is 0 Å². The second kappa shape index (κ2) is 9.11. The van der Waals surface area contributed by atoms with Crippen molar-refractivity contribution in [1.82, 2.24) is 0 Å². The lowest BCUT2D eigenvalue weighted by Crippen LogP contribution is -2.20. The summed E-state index contributed by atoms with van der Waals surface area (Å²) in [5.41, 5.74) is 1.20. The zero-order valence-corrected chi connectivity index (χ0v) is 12.8. The van der Waals surface area contributed by atoms with Crippen LogP contribution in [-0.4, -0.2) is 12.9 Å². The average molecular weight is 264 g/mol. The van der Waals surface area contributed by atoms with Crippen molar-refractivity contribution >= 4 is 0 Å². The molecular formula is C17H28O2. The molecule has 0 aliphatic carbocycles. The lowest BCUT2D eigenvalue weighted by Gasteiger charge is -2.21. The predicted octanol–water partition coefficient (Wildman–Crippen LogP) is 4.64. The zero-order chi connectivity index (χ0) is 14.1. The Bertz CT molecular complexity index is 319. The summed E-state index contributed by atoms with van der Waals surface area (Å²) < 4.78 is 11.8. The first-order chi connectivity index (χ1) is 9.08. The predicted molar refractivity (Wildman–Crippen MR) is 79.9 cm³/mol. The fraction of sp³-hybridized carbons (Fsp3) is 0.647. The van der Waals surface area contributed by atoms with Gasteiger partial charge < -0.3 is 9.47 Å². The highest BCUT2D eigenvalue weighted by Crippen LogP contribution is 2.13. The Morgan fingerprint density at radius 3 is 2.16 bits per heavy atom. The summed E-state index contributed by atoms with van der Waals surface area (Å²) >= 11 is 0. The molecule has 0 aliphatic heterocycles. The monoisotopic (exact) mass is 264 g/mol. The van der Waals surface area contributed by atoms with Gasteiger partial charge in [0, 0.05) is 13.0 Å². The highest BCUT2D eigenvalue weighted by molar-refractivity contribution is 5.13. The van der Waals surface area contributed by atoms with Crippen LogP contribution in [0.1, 0.15) is 46.1 Å². The van der Waals surface area contributed by atoms with Crippen molar-refractivity contribution < 1.29 is 9.47 Å². The zero-order valence-electron chi connectivity index (χ0n) is 12.8. The highest BCUT2D eigenvalue weighted by atomic mass is 16.7. The van der Waals surface area contributed by atoms with Gasteiger partial charge in [-0.1, -0.05) is 58.0 Å². The minimum Gasteiger partial charge on any atom is -0.353 e. The molecule has 1 atom stereocenters. The van der Waals surface area contributed by atoms with Gasteiger partial charge in [-0.15, -0.1) is 0 Å². The standard InChI is InChI=1S/C17H28O2/c1-14(2)10-11-18-17(12-15(3)4)19-13-16-8-6-5-7-9-16/h5-9,14-15,17H,10-13H2,1-4H3. The molecule has 0 saturated carbocycles. The number of hydrogen-bond acceptors (Lipinski definition) is 2.